The molecular weight excluding hydrogens is 487 g/mol. The van der Waals surface area contributed by atoms with E-state index in [0.717, 1.165) is 0 Å². The molecule has 0 fully saturated rings. The lowest BCUT2D eigenvalue weighted by Gasteiger charge is -2.39. The van der Waals surface area contributed by atoms with Crippen molar-refractivity contribution in [2.45, 2.75) is 36.0 Å². The molecule has 1 aromatic rings. The first-order valence-corrected chi connectivity index (χ1v) is 7.10. The topological polar surface area (TPSA) is 46.5 Å². The molecule has 0 bridgehead atoms. The molecular formula is C13H4ClF13O3. The highest BCUT2D eigenvalue weighted by Crippen LogP contribution is 2.60. The van der Waals surface area contributed by atoms with Crippen LogP contribution >= 0.6 is 11.6 Å². The number of carbonyl (C=O) groups is 1. The van der Waals surface area contributed by atoms with E-state index in [2.05, 4.69) is 4.74 Å². The molecule has 1 aromatic carbocycles. The highest BCUT2D eigenvalue weighted by molar-refractivity contribution is 6.33. The molecule has 0 atom stereocenters. The minimum absolute atomic E-state index is 0.0234. The van der Waals surface area contributed by atoms with E-state index >= 15 is 0 Å². The summed E-state index contributed by atoms with van der Waals surface area (Å²) in [5.74, 6) is -35.0. The molecule has 0 saturated carbocycles. The molecule has 0 saturated heterocycles. The second-order valence-electron chi connectivity index (χ2n) is 5.36. The normalized spacial score (nSPS) is 14.6. The number of alkyl halides is 13. The Bertz CT molecular complexity index is 819. The Kier molecular flexibility index (Phi) is 6.24. The van der Waals surface area contributed by atoms with Crippen molar-refractivity contribution in [1.29, 1.82) is 0 Å². The van der Waals surface area contributed by atoms with E-state index in [9.17, 15) is 61.9 Å². The van der Waals surface area contributed by atoms with Crippen LogP contribution in [0.1, 0.15) is 10.4 Å². The lowest BCUT2D eigenvalue weighted by molar-refractivity contribution is -0.456. The number of carboxylic acids is 1. The third kappa shape index (κ3) is 3.80. The van der Waals surface area contributed by atoms with Gasteiger partial charge in [-0.2, -0.15) is 57.1 Å². The SMILES string of the molecule is O=C(O)c1ccc(OC(F)(F)C(F)(F)C(F)(F)C(F)(F)C(F)(F)C(F)(F)F)cc1Cl. The highest BCUT2D eigenvalue weighted by atomic mass is 35.5. The molecule has 0 amide bonds. The molecule has 1 N–H and O–H groups in total. The second kappa shape index (κ2) is 7.23. The van der Waals surface area contributed by atoms with Gasteiger partial charge in [0.25, 0.3) is 0 Å². The number of rotatable bonds is 7. The Morgan fingerprint density at radius 1 is 0.767 bits per heavy atom. The van der Waals surface area contributed by atoms with Gasteiger partial charge >= 0.3 is 41.9 Å². The zero-order valence-corrected chi connectivity index (χ0v) is 14.0. The summed E-state index contributed by atoms with van der Waals surface area (Å²) in [6.07, 6.45) is -14.3. The Labute approximate surface area is 161 Å². The summed E-state index contributed by atoms with van der Waals surface area (Å²) in [4.78, 5) is 10.7. The number of hydrogen-bond donors (Lipinski definition) is 1. The largest absolute Gasteiger partial charge is 0.478 e. The lowest BCUT2D eigenvalue weighted by atomic mass is 9.97. The van der Waals surface area contributed by atoms with Crippen molar-refractivity contribution in [3.8, 4) is 5.75 Å². The minimum Gasteiger partial charge on any atom is -0.478 e. The Morgan fingerprint density at radius 2 is 1.20 bits per heavy atom. The molecule has 0 heterocycles. The molecule has 0 aliphatic rings. The van der Waals surface area contributed by atoms with Crippen LogP contribution in [-0.2, 0) is 0 Å². The quantitative estimate of drug-likeness (QED) is 0.469. The van der Waals surface area contributed by atoms with Crippen LogP contribution in [0.4, 0.5) is 57.1 Å². The molecule has 0 aliphatic carbocycles. The summed E-state index contributed by atoms with van der Waals surface area (Å²) in [5, 5.41) is 7.62. The standard InChI is InChI=1S/C13H4ClF13O3/c14-6-3-4(1-2-5(6)7(28)29)30-13(26,27)11(21,22)9(17,18)8(15,16)10(19,20)12(23,24)25/h1-3H,(H,28,29). The average molecular weight is 491 g/mol. The van der Waals surface area contributed by atoms with E-state index < -0.39 is 58.3 Å². The minimum atomic E-state index is -8.06. The Balaban J connectivity index is 3.42. The van der Waals surface area contributed by atoms with Crippen molar-refractivity contribution < 1.29 is 71.7 Å². The number of benzene rings is 1. The van der Waals surface area contributed by atoms with Gasteiger partial charge in [-0.25, -0.2) is 4.79 Å². The number of ether oxygens (including phenoxy) is 1. The maximum Gasteiger partial charge on any atom is 0.471 e. The first-order chi connectivity index (χ1) is 13.0. The Morgan fingerprint density at radius 3 is 1.57 bits per heavy atom. The summed E-state index contributed by atoms with van der Waals surface area (Å²) < 4.78 is 171. The zero-order chi connectivity index (χ0) is 24.1. The van der Waals surface area contributed by atoms with Gasteiger partial charge in [0.05, 0.1) is 10.6 Å². The van der Waals surface area contributed by atoms with Crippen molar-refractivity contribution in [1.82, 2.24) is 0 Å². The fourth-order valence-electron chi connectivity index (χ4n) is 1.70. The van der Waals surface area contributed by atoms with E-state index in [-0.39, 0.29) is 12.1 Å². The van der Waals surface area contributed by atoms with Gasteiger partial charge in [-0.15, -0.1) is 0 Å². The van der Waals surface area contributed by atoms with Crippen molar-refractivity contribution in [2.75, 3.05) is 0 Å². The third-order valence-electron chi connectivity index (χ3n) is 3.32. The summed E-state index contributed by atoms with van der Waals surface area (Å²) >= 11 is 5.25. The van der Waals surface area contributed by atoms with E-state index in [1.165, 1.54) is 0 Å². The molecule has 0 radical (unpaired) electrons. The van der Waals surface area contributed by atoms with Gasteiger partial charge in [-0.3, -0.25) is 0 Å². The molecule has 1 rings (SSSR count). The average Bonchev–Trinajstić information content (AvgIpc) is 2.52. The summed E-state index contributed by atoms with van der Waals surface area (Å²) in [5.41, 5.74) is -0.847. The van der Waals surface area contributed by atoms with Gasteiger partial charge < -0.3 is 9.84 Å². The predicted octanol–water partition coefficient (Wildman–Crippen LogP) is 6.11. The first-order valence-electron chi connectivity index (χ1n) is 6.72. The van der Waals surface area contributed by atoms with E-state index in [4.69, 9.17) is 16.7 Å². The molecule has 0 unspecified atom stereocenters. The first kappa shape index (κ1) is 25.9. The second-order valence-corrected chi connectivity index (χ2v) is 5.77. The van der Waals surface area contributed by atoms with Crippen LogP contribution < -0.4 is 4.74 Å². The van der Waals surface area contributed by atoms with Gasteiger partial charge in [0, 0.05) is 0 Å². The number of hydrogen-bond acceptors (Lipinski definition) is 2. The summed E-state index contributed by atoms with van der Waals surface area (Å²) in [7, 11) is 0. The van der Waals surface area contributed by atoms with E-state index in [1.807, 2.05) is 0 Å². The van der Waals surface area contributed by atoms with Gasteiger partial charge in [-0.05, 0) is 18.2 Å². The molecule has 0 aliphatic heterocycles. The molecule has 17 heteroatoms. The van der Waals surface area contributed by atoms with Crippen LogP contribution in [0.15, 0.2) is 18.2 Å². The van der Waals surface area contributed by atoms with Crippen molar-refractivity contribution in [3.05, 3.63) is 28.8 Å². The van der Waals surface area contributed by atoms with Crippen molar-refractivity contribution in [2.24, 2.45) is 0 Å². The van der Waals surface area contributed by atoms with Crippen LogP contribution in [0.2, 0.25) is 5.02 Å². The number of aromatic carboxylic acids is 1. The third-order valence-corrected chi connectivity index (χ3v) is 3.63. The van der Waals surface area contributed by atoms with E-state index in [1.54, 1.807) is 0 Å². The lowest BCUT2D eigenvalue weighted by Crippen LogP contribution is -2.70. The van der Waals surface area contributed by atoms with Gasteiger partial charge in [0.1, 0.15) is 5.75 Å². The monoisotopic (exact) mass is 490 g/mol. The number of halogens is 14. The molecule has 3 nitrogen and oxygen atoms in total. The summed E-state index contributed by atoms with van der Waals surface area (Å²) in [6, 6.07) is 0.453. The van der Waals surface area contributed by atoms with Crippen LogP contribution in [0.25, 0.3) is 0 Å². The smallest absolute Gasteiger partial charge is 0.471 e. The van der Waals surface area contributed by atoms with E-state index in [0.29, 0.717) is 6.07 Å². The Hall–Kier alpha value is -2.13. The maximum atomic E-state index is 13.5. The highest BCUT2D eigenvalue weighted by Gasteiger charge is 2.91. The van der Waals surface area contributed by atoms with Crippen LogP contribution in [0, 0.1) is 0 Å². The maximum absolute atomic E-state index is 13.5. The van der Waals surface area contributed by atoms with Crippen LogP contribution in [-0.4, -0.2) is 47.1 Å². The summed E-state index contributed by atoms with van der Waals surface area (Å²) in [6.45, 7) is 0. The zero-order valence-electron chi connectivity index (χ0n) is 13.3. The van der Waals surface area contributed by atoms with Crippen molar-refractivity contribution >= 4 is 17.6 Å². The van der Waals surface area contributed by atoms with Gasteiger partial charge in [-0.1, -0.05) is 11.6 Å². The molecule has 0 aromatic heterocycles. The van der Waals surface area contributed by atoms with Gasteiger partial charge in [0.2, 0.25) is 0 Å². The number of carboxylic acid groups (broad SMARTS) is 1. The van der Waals surface area contributed by atoms with Crippen LogP contribution in [0.5, 0.6) is 5.75 Å². The fraction of sp³-hybridized carbons (Fsp3) is 0.462. The van der Waals surface area contributed by atoms with Gasteiger partial charge in [0.15, 0.2) is 0 Å². The fourth-order valence-corrected chi connectivity index (χ4v) is 1.95. The molecule has 172 valence electrons. The molecule has 30 heavy (non-hydrogen) atoms. The molecule has 0 spiro atoms. The predicted molar refractivity (Wildman–Crippen MR) is 69.8 cm³/mol. The van der Waals surface area contributed by atoms with Crippen LogP contribution in [0.3, 0.4) is 0 Å². The van der Waals surface area contributed by atoms with Crippen molar-refractivity contribution in [3.63, 3.8) is 0 Å².